The van der Waals surface area contributed by atoms with Gasteiger partial charge in [0, 0.05) is 12.5 Å². The molecule has 1 aromatic carbocycles. The van der Waals surface area contributed by atoms with Gasteiger partial charge in [0.05, 0.1) is 0 Å². The topological polar surface area (TPSA) is 49.3 Å². The lowest BCUT2D eigenvalue weighted by Gasteiger charge is -2.32. The van der Waals surface area contributed by atoms with Gasteiger partial charge in [0.15, 0.2) is 0 Å². The molecule has 1 unspecified atom stereocenters. The maximum Gasteiger partial charge on any atom is 0.220 e. The number of phenolic OH excluding ortho intramolecular Hbond substituents is 1. The number of carbonyl (C=O) groups is 1. The number of phenols is 1. The van der Waals surface area contributed by atoms with E-state index in [0.717, 1.165) is 12.0 Å². The molecule has 0 aliphatic heterocycles. The van der Waals surface area contributed by atoms with Gasteiger partial charge in [-0.25, -0.2) is 0 Å². The van der Waals surface area contributed by atoms with Gasteiger partial charge in [-0.05, 0) is 34.9 Å². The van der Waals surface area contributed by atoms with Gasteiger partial charge in [0.25, 0.3) is 0 Å². The van der Waals surface area contributed by atoms with Gasteiger partial charge in [0.2, 0.25) is 5.91 Å². The van der Waals surface area contributed by atoms with E-state index in [2.05, 4.69) is 46.9 Å². The highest BCUT2D eigenvalue weighted by molar-refractivity contribution is 5.77. The molecule has 3 heteroatoms. The second-order valence-electron chi connectivity index (χ2n) is 8.09. The van der Waals surface area contributed by atoms with Crippen molar-refractivity contribution in [2.75, 3.05) is 0 Å². The summed E-state index contributed by atoms with van der Waals surface area (Å²) in [6.45, 7) is 12.6. The average molecular weight is 291 g/mol. The number of benzene rings is 1. The molecule has 0 saturated carbocycles. The fourth-order valence-electron chi connectivity index (χ4n) is 2.17. The van der Waals surface area contributed by atoms with Gasteiger partial charge in [-0.3, -0.25) is 4.79 Å². The smallest absolute Gasteiger partial charge is 0.220 e. The monoisotopic (exact) mass is 291 g/mol. The summed E-state index contributed by atoms with van der Waals surface area (Å²) in [4.78, 5) is 12.2. The fraction of sp³-hybridized carbons (Fsp3) is 0.611. The Morgan fingerprint density at radius 2 is 1.62 bits per heavy atom. The number of nitrogens with one attached hydrogen (secondary N) is 1. The van der Waals surface area contributed by atoms with Crippen molar-refractivity contribution in [3.05, 3.63) is 29.8 Å². The highest BCUT2D eigenvalue weighted by atomic mass is 16.3. The first-order valence-electron chi connectivity index (χ1n) is 7.55. The third kappa shape index (κ3) is 6.65. The maximum atomic E-state index is 12.2. The number of aromatic hydroxyl groups is 1. The van der Waals surface area contributed by atoms with Crippen molar-refractivity contribution in [3.8, 4) is 5.75 Å². The van der Waals surface area contributed by atoms with Crippen LogP contribution in [0.5, 0.6) is 5.75 Å². The molecule has 0 saturated heterocycles. The molecule has 21 heavy (non-hydrogen) atoms. The molecule has 1 rings (SSSR count). The number of rotatable bonds is 4. The van der Waals surface area contributed by atoms with Gasteiger partial charge in [-0.1, -0.05) is 53.7 Å². The largest absolute Gasteiger partial charge is 0.508 e. The summed E-state index contributed by atoms with van der Waals surface area (Å²) < 4.78 is 0. The fourth-order valence-corrected chi connectivity index (χ4v) is 2.17. The van der Waals surface area contributed by atoms with E-state index in [1.54, 1.807) is 12.1 Å². The number of hydrogen-bond donors (Lipinski definition) is 2. The Morgan fingerprint density at radius 3 is 2.05 bits per heavy atom. The normalized spacial score (nSPS) is 13.8. The summed E-state index contributed by atoms with van der Waals surface area (Å²) in [5.74, 6) is 0.365. The molecule has 2 N–H and O–H groups in total. The van der Waals surface area contributed by atoms with Crippen molar-refractivity contribution in [1.29, 1.82) is 0 Å². The zero-order chi connectivity index (χ0) is 16.3. The standard InChI is InChI=1S/C18H29NO2/c1-17(2,3)12-16(21)19-15(18(4,5)6)11-13-7-9-14(20)10-8-13/h7-10,15,20H,11-12H2,1-6H3,(H,19,21). The van der Waals surface area contributed by atoms with Gasteiger partial charge in [0.1, 0.15) is 5.75 Å². The quantitative estimate of drug-likeness (QED) is 0.884. The van der Waals surface area contributed by atoms with Crippen LogP contribution in [-0.4, -0.2) is 17.1 Å². The SMILES string of the molecule is CC(C)(C)CC(=O)NC(Cc1ccc(O)cc1)C(C)(C)C. The molecule has 0 spiro atoms. The third-order valence-electron chi connectivity index (χ3n) is 3.45. The molecular weight excluding hydrogens is 262 g/mol. The minimum absolute atomic E-state index is 0.00887. The molecule has 0 heterocycles. The lowest BCUT2D eigenvalue weighted by molar-refractivity contribution is -0.124. The van der Waals surface area contributed by atoms with Crippen molar-refractivity contribution in [3.63, 3.8) is 0 Å². The van der Waals surface area contributed by atoms with Crippen LogP contribution in [0.4, 0.5) is 0 Å². The summed E-state index contributed by atoms with van der Waals surface area (Å²) >= 11 is 0. The van der Waals surface area contributed by atoms with E-state index in [9.17, 15) is 9.90 Å². The van der Waals surface area contributed by atoms with Crippen molar-refractivity contribution < 1.29 is 9.90 Å². The Balaban J connectivity index is 2.77. The summed E-state index contributed by atoms with van der Waals surface area (Å²) in [6, 6.07) is 7.25. The minimum atomic E-state index is -0.0224. The van der Waals surface area contributed by atoms with Crippen LogP contribution in [-0.2, 0) is 11.2 Å². The van der Waals surface area contributed by atoms with E-state index in [-0.39, 0.29) is 28.5 Å². The molecule has 1 atom stereocenters. The molecule has 118 valence electrons. The summed E-state index contributed by atoms with van der Waals surface area (Å²) in [6.07, 6.45) is 1.29. The highest BCUT2D eigenvalue weighted by Gasteiger charge is 2.27. The molecule has 0 radical (unpaired) electrons. The number of amides is 1. The van der Waals surface area contributed by atoms with E-state index in [4.69, 9.17) is 0 Å². The first-order valence-corrected chi connectivity index (χ1v) is 7.55. The molecule has 0 bridgehead atoms. The highest BCUT2D eigenvalue weighted by Crippen LogP contribution is 2.25. The Bertz CT molecular complexity index is 463. The molecule has 0 aliphatic rings. The van der Waals surface area contributed by atoms with Crippen LogP contribution >= 0.6 is 0 Å². The first-order chi connectivity index (χ1) is 9.47. The van der Waals surface area contributed by atoms with E-state index in [1.807, 2.05) is 12.1 Å². The van der Waals surface area contributed by atoms with Crippen molar-refractivity contribution in [2.45, 2.75) is 60.4 Å². The molecular formula is C18H29NO2. The minimum Gasteiger partial charge on any atom is -0.508 e. The zero-order valence-corrected chi connectivity index (χ0v) is 14.2. The Labute approximate surface area is 128 Å². The molecule has 0 fully saturated rings. The van der Waals surface area contributed by atoms with Gasteiger partial charge < -0.3 is 10.4 Å². The van der Waals surface area contributed by atoms with Crippen LogP contribution in [0.15, 0.2) is 24.3 Å². The van der Waals surface area contributed by atoms with Crippen LogP contribution in [0.25, 0.3) is 0 Å². The van der Waals surface area contributed by atoms with Crippen LogP contribution in [0.3, 0.4) is 0 Å². The Kier molecular flexibility index (Phi) is 5.43. The average Bonchev–Trinajstić information content (AvgIpc) is 2.27. The van der Waals surface area contributed by atoms with Crippen molar-refractivity contribution in [2.24, 2.45) is 10.8 Å². The molecule has 1 amide bonds. The summed E-state index contributed by atoms with van der Waals surface area (Å²) in [5, 5.41) is 12.5. The van der Waals surface area contributed by atoms with Crippen LogP contribution < -0.4 is 5.32 Å². The van der Waals surface area contributed by atoms with Crippen molar-refractivity contribution in [1.82, 2.24) is 5.32 Å². The summed E-state index contributed by atoms with van der Waals surface area (Å²) in [5.41, 5.74) is 1.08. The second kappa shape index (κ2) is 6.50. The Hall–Kier alpha value is -1.51. The maximum absolute atomic E-state index is 12.2. The Morgan fingerprint density at radius 1 is 1.10 bits per heavy atom. The summed E-state index contributed by atoms with van der Waals surface area (Å²) in [7, 11) is 0. The molecule has 1 aromatic rings. The lowest BCUT2D eigenvalue weighted by atomic mass is 9.82. The second-order valence-corrected chi connectivity index (χ2v) is 8.09. The third-order valence-corrected chi connectivity index (χ3v) is 3.45. The molecule has 3 nitrogen and oxygen atoms in total. The van der Waals surface area contributed by atoms with Crippen LogP contribution in [0.1, 0.15) is 53.5 Å². The zero-order valence-electron chi connectivity index (χ0n) is 14.2. The predicted octanol–water partition coefficient (Wildman–Crippen LogP) is 3.90. The first kappa shape index (κ1) is 17.5. The van der Waals surface area contributed by atoms with E-state index in [1.165, 1.54) is 0 Å². The van der Waals surface area contributed by atoms with E-state index in [0.29, 0.717) is 6.42 Å². The molecule has 0 aliphatic carbocycles. The van der Waals surface area contributed by atoms with E-state index < -0.39 is 0 Å². The van der Waals surface area contributed by atoms with Gasteiger partial charge in [-0.2, -0.15) is 0 Å². The van der Waals surface area contributed by atoms with Crippen LogP contribution in [0, 0.1) is 10.8 Å². The van der Waals surface area contributed by atoms with Gasteiger partial charge >= 0.3 is 0 Å². The predicted molar refractivity (Wildman–Crippen MR) is 87.3 cm³/mol. The number of hydrogen-bond acceptors (Lipinski definition) is 2. The van der Waals surface area contributed by atoms with Gasteiger partial charge in [-0.15, -0.1) is 0 Å². The molecule has 0 aromatic heterocycles. The van der Waals surface area contributed by atoms with E-state index >= 15 is 0 Å². The van der Waals surface area contributed by atoms with Crippen molar-refractivity contribution >= 4 is 5.91 Å². The number of carbonyl (C=O) groups excluding carboxylic acids is 1. The van der Waals surface area contributed by atoms with Crippen LogP contribution in [0.2, 0.25) is 0 Å². The lowest BCUT2D eigenvalue weighted by Crippen LogP contribution is -2.46.